The van der Waals surface area contributed by atoms with Gasteiger partial charge in [0.1, 0.15) is 11.5 Å². The predicted octanol–water partition coefficient (Wildman–Crippen LogP) is 1.30. The van der Waals surface area contributed by atoms with Gasteiger partial charge in [-0.05, 0) is 26.0 Å². The molecule has 0 spiro atoms. The van der Waals surface area contributed by atoms with Crippen molar-refractivity contribution < 1.29 is 19.4 Å². The van der Waals surface area contributed by atoms with Crippen LogP contribution in [-0.4, -0.2) is 48.8 Å². The van der Waals surface area contributed by atoms with Crippen LogP contribution in [0.5, 0.6) is 11.5 Å². The van der Waals surface area contributed by atoms with Gasteiger partial charge in [-0.2, -0.15) is 0 Å². The molecule has 1 atom stereocenters. The van der Waals surface area contributed by atoms with Crippen molar-refractivity contribution in [2.24, 2.45) is 0 Å². The summed E-state index contributed by atoms with van der Waals surface area (Å²) in [5, 5.41) is 8.91. The number of hydrogen-bond acceptors (Lipinski definition) is 4. The Kier molecular flexibility index (Phi) is 6.15. The summed E-state index contributed by atoms with van der Waals surface area (Å²) < 4.78 is 10.7. The van der Waals surface area contributed by atoms with Crippen molar-refractivity contribution in [1.82, 2.24) is 4.90 Å². The molecule has 0 aliphatic carbocycles. The van der Waals surface area contributed by atoms with Crippen LogP contribution in [0.4, 0.5) is 0 Å². The molecule has 1 aromatic carbocycles. The van der Waals surface area contributed by atoms with Gasteiger partial charge in [-0.15, -0.1) is 0 Å². The molecule has 1 unspecified atom stereocenters. The van der Waals surface area contributed by atoms with Gasteiger partial charge in [-0.1, -0.05) is 6.07 Å². The third-order valence-electron chi connectivity index (χ3n) is 2.77. The average molecular weight is 267 g/mol. The highest BCUT2D eigenvalue weighted by Gasteiger charge is 2.20. The SMILES string of the molecule is CCN(CCO)C(=O)C(C)Oc1cccc(OC)c1. The summed E-state index contributed by atoms with van der Waals surface area (Å²) in [5.41, 5.74) is 0. The van der Waals surface area contributed by atoms with Crippen LogP contribution in [0.3, 0.4) is 0 Å². The number of likely N-dealkylation sites (N-methyl/N-ethyl adjacent to an activating group) is 1. The van der Waals surface area contributed by atoms with Gasteiger partial charge in [0.05, 0.1) is 13.7 Å². The molecule has 5 nitrogen and oxygen atoms in total. The van der Waals surface area contributed by atoms with Crippen LogP contribution in [0.1, 0.15) is 13.8 Å². The molecule has 1 aromatic rings. The second-order valence-corrected chi connectivity index (χ2v) is 4.08. The number of methoxy groups -OCH3 is 1. The van der Waals surface area contributed by atoms with Crippen LogP contribution < -0.4 is 9.47 Å². The van der Waals surface area contributed by atoms with E-state index in [4.69, 9.17) is 14.6 Å². The number of nitrogens with zero attached hydrogens (tertiary/aromatic N) is 1. The molecule has 0 bridgehead atoms. The molecule has 106 valence electrons. The summed E-state index contributed by atoms with van der Waals surface area (Å²) in [6.07, 6.45) is -0.599. The number of hydrogen-bond donors (Lipinski definition) is 1. The first-order valence-corrected chi connectivity index (χ1v) is 6.32. The van der Waals surface area contributed by atoms with Crippen molar-refractivity contribution in [3.63, 3.8) is 0 Å². The normalized spacial score (nSPS) is 11.8. The van der Waals surface area contributed by atoms with Crippen molar-refractivity contribution in [2.45, 2.75) is 20.0 Å². The highest BCUT2D eigenvalue weighted by atomic mass is 16.5. The second-order valence-electron chi connectivity index (χ2n) is 4.08. The number of ether oxygens (including phenoxy) is 2. The van der Waals surface area contributed by atoms with E-state index >= 15 is 0 Å². The molecule has 1 amide bonds. The fourth-order valence-corrected chi connectivity index (χ4v) is 1.73. The van der Waals surface area contributed by atoms with Gasteiger partial charge in [0, 0.05) is 19.2 Å². The molecule has 19 heavy (non-hydrogen) atoms. The summed E-state index contributed by atoms with van der Waals surface area (Å²) >= 11 is 0. The fourth-order valence-electron chi connectivity index (χ4n) is 1.73. The van der Waals surface area contributed by atoms with Crippen molar-refractivity contribution in [1.29, 1.82) is 0 Å². The molecule has 0 heterocycles. The molecule has 0 fully saturated rings. The Bertz CT molecular complexity index is 408. The number of aliphatic hydroxyl groups is 1. The summed E-state index contributed by atoms with van der Waals surface area (Å²) in [5.74, 6) is 1.12. The molecule has 0 aliphatic heterocycles. The first-order chi connectivity index (χ1) is 9.12. The van der Waals surface area contributed by atoms with E-state index in [-0.39, 0.29) is 12.5 Å². The molecular formula is C14H21NO4. The molecule has 0 aliphatic rings. The summed E-state index contributed by atoms with van der Waals surface area (Å²) in [6, 6.07) is 7.11. The van der Waals surface area contributed by atoms with Crippen molar-refractivity contribution in [3.05, 3.63) is 24.3 Å². The lowest BCUT2D eigenvalue weighted by Gasteiger charge is -2.24. The second kappa shape index (κ2) is 7.63. The van der Waals surface area contributed by atoms with Gasteiger partial charge >= 0.3 is 0 Å². The van der Waals surface area contributed by atoms with Gasteiger partial charge in [0.25, 0.3) is 5.91 Å². The Morgan fingerprint density at radius 2 is 2.11 bits per heavy atom. The summed E-state index contributed by atoms with van der Waals surface area (Å²) in [7, 11) is 1.58. The smallest absolute Gasteiger partial charge is 0.263 e. The molecular weight excluding hydrogens is 246 g/mol. The van der Waals surface area contributed by atoms with E-state index in [2.05, 4.69) is 0 Å². The van der Waals surface area contributed by atoms with Crippen molar-refractivity contribution in [2.75, 3.05) is 26.8 Å². The van der Waals surface area contributed by atoms with Crippen LogP contribution in [0.15, 0.2) is 24.3 Å². The summed E-state index contributed by atoms with van der Waals surface area (Å²) in [4.78, 5) is 13.6. The molecule has 5 heteroatoms. The Labute approximate surface area is 113 Å². The van der Waals surface area contributed by atoms with E-state index in [0.717, 1.165) is 0 Å². The van der Waals surface area contributed by atoms with E-state index in [9.17, 15) is 4.79 Å². The maximum Gasteiger partial charge on any atom is 0.263 e. The van der Waals surface area contributed by atoms with E-state index in [1.54, 1.807) is 37.1 Å². The fraction of sp³-hybridized carbons (Fsp3) is 0.500. The van der Waals surface area contributed by atoms with E-state index in [0.29, 0.717) is 24.6 Å². The number of benzene rings is 1. The van der Waals surface area contributed by atoms with Crippen molar-refractivity contribution in [3.8, 4) is 11.5 Å². The highest BCUT2D eigenvalue weighted by Crippen LogP contribution is 2.20. The van der Waals surface area contributed by atoms with Crippen LogP contribution in [0, 0.1) is 0 Å². The molecule has 1 rings (SSSR count). The lowest BCUT2D eigenvalue weighted by atomic mass is 10.3. The third-order valence-corrected chi connectivity index (χ3v) is 2.77. The number of rotatable bonds is 7. The zero-order valence-corrected chi connectivity index (χ0v) is 11.6. The standard InChI is InChI=1S/C14H21NO4/c1-4-15(8-9-16)14(17)11(2)19-13-7-5-6-12(10-13)18-3/h5-7,10-11,16H,4,8-9H2,1-3H3. The monoisotopic (exact) mass is 267 g/mol. The first kappa shape index (κ1) is 15.3. The minimum Gasteiger partial charge on any atom is -0.497 e. The van der Waals surface area contributed by atoms with Gasteiger partial charge < -0.3 is 19.5 Å². The quantitative estimate of drug-likeness (QED) is 0.809. The highest BCUT2D eigenvalue weighted by molar-refractivity contribution is 5.80. The Morgan fingerprint density at radius 1 is 1.42 bits per heavy atom. The van der Waals surface area contributed by atoms with Gasteiger partial charge in [-0.3, -0.25) is 4.79 Å². The lowest BCUT2D eigenvalue weighted by Crippen LogP contribution is -2.41. The van der Waals surface area contributed by atoms with Crippen LogP contribution in [-0.2, 0) is 4.79 Å². The Hall–Kier alpha value is -1.75. The minimum atomic E-state index is -0.599. The van der Waals surface area contributed by atoms with Gasteiger partial charge in [0.15, 0.2) is 6.10 Å². The maximum atomic E-state index is 12.1. The lowest BCUT2D eigenvalue weighted by molar-refractivity contribution is -0.138. The molecule has 0 aromatic heterocycles. The predicted molar refractivity (Wildman–Crippen MR) is 72.4 cm³/mol. The molecule has 0 saturated heterocycles. The number of amides is 1. The Balaban J connectivity index is 2.67. The largest absolute Gasteiger partial charge is 0.497 e. The average Bonchev–Trinajstić information content (AvgIpc) is 2.44. The van der Waals surface area contributed by atoms with Gasteiger partial charge in [0.2, 0.25) is 0 Å². The number of aliphatic hydroxyl groups excluding tert-OH is 1. The van der Waals surface area contributed by atoms with Crippen molar-refractivity contribution >= 4 is 5.91 Å². The zero-order chi connectivity index (χ0) is 14.3. The zero-order valence-electron chi connectivity index (χ0n) is 11.6. The van der Waals surface area contributed by atoms with E-state index in [1.807, 2.05) is 13.0 Å². The van der Waals surface area contributed by atoms with Crippen LogP contribution in [0.2, 0.25) is 0 Å². The Morgan fingerprint density at radius 3 is 2.68 bits per heavy atom. The summed E-state index contributed by atoms with van der Waals surface area (Å²) in [6.45, 7) is 4.38. The van der Waals surface area contributed by atoms with E-state index < -0.39 is 6.10 Å². The van der Waals surface area contributed by atoms with Crippen LogP contribution >= 0.6 is 0 Å². The van der Waals surface area contributed by atoms with Crippen LogP contribution in [0.25, 0.3) is 0 Å². The number of carbonyl (C=O) groups excluding carboxylic acids is 1. The number of carbonyl (C=O) groups is 1. The maximum absolute atomic E-state index is 12.1. The topological polar surface area (TPSA) is 59.0 Å². The first-order valence-electron chi connectivity index (χ1n) is 6.32. The molecule has 0 radical (unpaired) electrons. The van der Waals surface area contributed by atoms with Gasteiger partial charge in [-0.25, -0.2) is 0 Å². The van der Waals surface area contributed by atoms with E-state index in [1.165, 1.54) is 0 Å². The molecule has 1 N–H and O–H groups in total. The third kappa shape index (κ3) is 4.44. The minimum absolute atomic E-state index is 0.0501. The molecule has 0 saturated carbocycles.